The maximum absolute atomic E-state index is 9.61. The van der Waals surface area contributed by atoms with Crippen molar-refractivity contribution in [3.8, 4) is 11.1 Å². The molecule has 1 unspecified atom stereocenters. The number of rotatable bonds is 6. The molecule has 3 aromatic rings. The fraction of sp³-hybridized carbons (Fsp3) is 0.259. The molecule has 0 saturated heterocycles. The molecule has 2 aliphatic carbocycles. The van der Waals surface area contributed by atoms with Crippen LogP contribution in [0.3, 0.4) is 0 Å². The Morgan fingerprint density at radius 2 is 1.31 bits per heavy atom. The Balaban J connectivity index is 1.79. The molecule has 1 atom stereocenters. The van der Waals surface area contributed by atoms with Gasteiger partial charge in [0.1, 0.15) is 0 Å². The number of aliphatic hydroxyl groups is 1. The van der Waals surface area contributed by atoms with Crippen LogP contribution in [0.15, 0.2) is 78.4 Å². The van der Waals surface area contributed by atoms with Gasteiger partial charge in [-0.3, -0.25) is 0 Å². The molecule has 0 aromatic heterocycles. The van der Waals surface area contributed by atoms with Gasteiger partial charge in [0, 0.05) is 0 Å². The van der Waals surface area contributed by atoms with E-state index in [4.69, 9.17) is 17.0 Å². The first-order valence-corrected chi connectivity index (χ1v) is 27.8. The summed E-state index contributed by atoms with van der Waals surface area (Å²) in [6, 6.07) is 26.1. The van der Waals surface area contributed by atoms with E-state index >= 15 is 0 Å². The van der Waals surface area contributed by atoms with Crippen LogP contribution >= 0.6 is 17.0 Å². The van der Waals surface area contributed by atoms with Gasteiger partial charge in [-0.25, -0.2) is 0 Å². The molecule has 0 amide bonds. The number of fused-ring (bicyclic) bond motifs is 4. The van der Waals surface area contributed by atoms with E-state index in [2.05, 4.69) is 92.0 Å². The predicted octanol–water partition coefficient (Wildman–Crippen LogP) is 7.65. The summed E-state index contributed by atoms with van der Waals surface area (Å²) in [5.74, 6) is -1.53. The van der Waals surface area contributed by atoms with Crippen molar-refractivity contribution in [3.63, 3.8) is 0 Å². The second-order valence-corrected chi connectivity index (χ2v) is 52.1. The van der Waals surface area contributed by atoms with Crippen molar-refractivity contribution in [2.75, 3.05) is 6.61 Å². The summed E-state index contributed by atoms with van der Waals surface area (Å²) in [7, 11) is 16.5. The summed E-state index contributed by atoms with van der Waals surface area (Å²) in [6.45, 7) is 4.93. The molecule has 1 nitrogen and oxygen atoms in total. The fourth-order valence-corrected chi connectivity index (χ4v) is 37.0. The molecule has 0 saturated carbocycles. The fourth-order valence-electron chi connectivity index (χ4n) is 6.12. The van der Waals surface area contributed by atoms with Crippen molar-refractivity contribution < 1.29 is 20.7 Å². The monoisotopic (exact) mass is 557 g/mol. The number of aliphatic hydroxyl groups excluding tert-OH is 1. The summed E-state index contributed by atoms with van der Waals surface area (Å²) in [6.07, 6.45) is 3.90. The maximum atomic E-state index is 9.61. The van der Waals surface area contributed by atoms with Crippen LogP contribution < -0.4 is 0 Å². The third-order valence-electron chi connectivity index (χ3n) is 7.68. The van der Waals surface area contributed by atoms with Gasteiger partial charge in [-0.05, 0) is 0 Å². The van der Waals surface area contributed by atoms with E-state index in [1.165, 1.54) is 39.0 Å². The summed E-state index contributed by atoms with van der Waals surface area (Å²) in [5, 5.41) is 9.61. The van der Waals surface area contributed by atoms with Gasteiger partial charge in [-0.2, -0.15) is 0 Å². The summed E-state index contributed by atoms with van der Waals surface area (Å²) in [5.41, 5.74) is 9.10. The molecule has 1 N–H and O–H groups in total. The minimum absolute atomic E-state index is 0.0903. The van der Waals surface area contributed by atoms with Crippen LogP contribution in [0, 0.1) is 0 Å². The van der Waals surface area contributed by atoms with Crippen molar-refractivity contribution in [1.29, 1.82) is 0 Å². The van der Waals surface area contributed by atoms with E-state index in [1.54, 1.807) is 0 Å². The average Bonchev–Trinajstić information content (AvgIpc) is 3.34. The van der Waals surface area contributed by atoms with E-state index in [1.807, 2.05) is 0 Å². The van der Waals surface area contributed by atoms with Crippen LogP contribution in [0.2, 0.25) is 13.1 Å². The van der Waals surface area contributed by atoms with E-state index in [-0.39, 0.29) is 13.9 Å². The first-order valence-electron chi connectivity index (χ1n) is 11.5. The van der Waals surface area contributed by atoms with Gasteiger partial charge in [0.25, 0.3) is 0 Å². The molecule has 165 valence electrons. The predicted molar refractivity (Wildman–Crippen MR) is 138 cm³/mol. The first kappa shape index (κ1) is 22.8. The summed E-state index contributed by atoms with van der Waals surface area (Å²) < 4.78 is 0.186. The van der Waals surface area contributed by atoms with Gasteiger partial charge in [0.15, 0.2) is 0 Å². The van der Waals surface area contributed by atoms with E-state index < -0.39 is 21.5 Å². The van der Waals surface area contributed by atoms with Crippen LogP contribution in [-0.4, -0.2) is 17.6 Å². The van der Waals surface area contributed by atoms with Gasteiger partial charge < -0.3 is 0 Å². The second-order valence-electron chi connectivity index (χ2n) is 9.60. The molecule has 0 aliphatic heterocycles. The molecule has 0 fully saturated rings. The van der Waals surface area contributed by atoms with Crippen LogP contribution in [0.4, 0.5) is 0 Å². The van der Waals surface area contributed by atoms with Crippen molar-refractivity contribution >= 4 is 29.0 Å². The zero-order valence-corrected chi connectivity index (χ0v) is 23.7. The second kappa shape index (κ2) is 8.36. The van der Waals surface area contributed by atoms with Crippen LogP contribution in [0.25, 0.3) is 17.2 Å². The molecular weight excluding hydrogens is 531 g/mol. The number of benzene rings is 3. The number of hydrogen-bond acceptors (Lipinski definition) is 1. The number of hydrogen-bond donors (Lipinski definition) is 1. The zero-order valence-electron chi connectivity index (χ0n) is 18.6. The van der Waals surface area contributed by atoms with Crippen LogP contribution in [0.1, 0.15) is 42.3 Å². The average molecular weight is 560 g/mol. The van der Waals surface area contributed by atoms with Gasteiger partial charge in [-0.1, -0.05) is 0 Å². The zero-order chi connectivity index (χ0) is 22.5. The first-order chi connectivity index (χ1) is 15.4. The molecule has 3 aromatic carbocycles. The number of halogens is 2. The summed E-state index contributed by atoms with van der Waals surface area (Å²) >= 11 is -4.62. The SMILES string of the molecule is C[SiH](C)[Zr]([Cl])([Cl])([CH]1C(CCCO)=Cc2ccccc21)[CH]1c2ccccc2-c2ccccc21. The molecule has 0 bridgehead atoms. The normalized spacial score (nSPS) is 18.6. The molecule has 0 spiro atoms. The Bertz CT molecular complexity index is 1170. The third kappa shape index (κ3) is 3.23. The number of allylic oxidation sites excluding steroid dienone is 1. The van der Waals surface area contributed by atoms with Crippen molar-refractivity contribution in [2.24, 2.45) is 0 Å². The molecule has 0 heterocycles. The van der Waals surface area contributed by atoms with Crippen molar-refractivity contribution in [2.45, 2.75) is 33.2 Å². The van der Waals surface area contributed by atoms with E-state index in [0.717, 1.165) is 12.8 Å². The Morgan fingerprint density at radius 3 is 1.88 bits per heavy atom. The molecule has 0 radical (unpaired) electrons. The van der Waals surface area contributed by atoms with Crippen LogP contribution in [-0.2, 0) is 15.6 Å². The molecule has 2 aliphatic rings. The Kier molecular flexibility index (Phi) is 5.96. The molecule has 5 rings (SSSR count). The Morgan fingerprint density at radius 1 is 0.781 bits per heavy atom. The quantitative estimate of drug-likeness (QED) is 0.308. The molecule has 5 heteroatoms. The van der Waals surface area contributed by atoms with Crippen LogP contribution in [0.5, 0.6) is 0 Å². The van der Waals surface area contributed by atoms with Crippen molar-refractivity contribution in [1.82, 2.24) is 0 Å². The van der Waals surface area contributed by atoms with Gasteiger partial charge in [-0.15, -0.1) is 0 Å². The molecular formula is C27H29Cl2OSiZr. The Hall–Kier alpha value is -0.960. The van der Waals surface area contributed by atoms with E-state index in [0.29, 0.717) is 0 Å². The van der Waals surface area contributed by atoms with Gasteiger partial charge in [0.2, 0.25) is 0 Å². The van der Waals surface area contributed by atoms with E-state index in [9.17, 15) is 5.11 Å². The standard InChI is InChI=1S/C13H9.C12H13O.C2H7Si.2ClH.Zr/c1-3-7-12-10(5-1)9-11-6-2-4-8-13(11)12;13-7-3-4-10-8-11-5-1-2-6-12(11)9-10;1-3-2;;;/h1-9H;1-2,5-6,8-9,13H,3-4,7H2;3H,1-2H3;2*1H;/q;;;;;+2/p-2. The minimum atomic E-state index is -4.62. The Labute approximate surface area is 199 Å². The third-order valence-corrected chi connectivity index (χ3v) is 59.4. The van der Waals surface area contributed by atoms with Gasteiger partial charge >= 0.3 is 201 Å². The summed E-state index contributed by atoms with van der Waals surface area (Å²) in [4.78, 5) is 0. The molecule has 32 heavy (non-hydrogen) atoms. The van der Waals surface area contributed by atoms with Crippen molar-refractivity contribution in [3.05, 3.63) is 101 Å². The van der Waals surface area contributed by atoms with Gasteiger partial charge in [0.05, 0.1) is 0 Å². The topological polar surface area (TPSA) is 20.2 Å².